The van der Waals surface area contributed by atoms with Crippen molar-refractivity contribution in [2.45, 2.75) is 12.8 Å². The highest BCUT2D eigenvalue weighted by Crippen LogP contribution is 2.35. The summed E-state index contributed by atoms with van der Waals surface area (Å²) in [5, 5.41) is 4.41. The summed E-state index contributed by atoms with van der Waals surface area (Å²) in [5.74, 6) is -0.102. The van der Waals surface area contributed by atoms with E-state index < -0.39 is 0 Å². The summed E-state index contributed by atoms with van der Waals surface area (Å²) in [6.45, 7) is 1.69. The molecule has 0 radical (unpaired) electrons. The average molecular weight is 326 g/mol. The van der Waals surface area contributed by atoms with Gasteiger partial charge in [-0.2, -0.15) is 0 Å². The Morgan fingerprint density at radius 1 is 1.38 bits per heavy atom. The first-order chi connectivity index (χ1) is 9.99. The topological polar surface area (TPSA) is 58.4 Å². The number of hydrogen-bond acceptors (Lipinski definition) is 4. The van der Waals surface area contributed by atoms with Gasteiger partial charge in [0.05, 0.1) is 5.69 Å². The molecule has 0 aliphatic heterocycles. The van der Waals surface area contributed by atoms with E-state index in [-0.39, 0.29) is 5.91 Å². The van der Waals surface area contributed by atoms with Crippen LogP contribution in [0.1, 0.15) is 22.5 Å². The lowest BCUT2D eigenvalue weighted by molar-refractivity contribution is 0.0957. The molecule has 0 spiro atoms. The van der Waals surface area contributed by atoms with Crippen molar-refractivity contribution in [3.8, 4) is 0 Å². The van der Waals surface area contributed by atoms with Gasteiger partial charge in [-0.05, 0) is 51.7 Å². The molecule has 21 heavy (non-hydrogen) atoms. The van der Waals surface area contributed by atoms with E-state index in [1.54, 1.807) is 6.07 Å². The van der Waals surface area contributed by atoms with Crippen molar-refractivity contribution in [1.29, 1.82) is 0 Å². The minimum absolute atomic E-state index is 0.102. The average Bonchev–Trinajstić information content (AvgIpc) is 2.75. The van der Waals surface area contributed by atoms with Crippen LogP contribution in [0, 0.1) is 0 Å². The number of carbonyl (C=O) groups is 1. The van der Waals surface area contributed by atoms with Gasteiger partial charge in [0.1, 0.15) is 4.88 Å². The fourth-order valence-electron chi connectivity index (χ4n) is 2.09. The molecule has 3 N–H and O–H groups in total. The van der Waals surface area contributed by atoms with Gasteiger partial charge in [-0.15, -0.1) is 11.3 Å². The first-order valence-corrected chi connectivity index (χ1v) is 8.09. The fraction of sp³-hybridized carbons (Fsp3) is 0.400. The van der Waals surface area contributed by atoms with Gasteiger partial charge in [0.25, 0.3) is 5.91 Å². The molecule has 114 valence electrons. The number of benzene rings is 1. The van der Waals surface area contributed by atoms with Crippen LogP contribution in [0.15, 0.2) is 18.2 Å². The maximum Gasteiger partial charge on any atom is 0.263 e. The number of unbranched alkanes of at least 4 members (excludes halogenated alkanes) is 1. The highest BCUT2D eigenvalue weighted by molar-refractivity contribution is 7.21. The summed E-state index contributed by atoms with van der Waals surface area (Å²) in [4.78, 5) is 14.9. The monoisotopic (exact) mass is 325 g/mol. The van der Waals surface area contributed by atoms with Crippen molar-refractivity contribution in [2.24, 2.45) is 0 Å². The molecule has 0 aliphatic rings. The number of hydrogen-bond donors (Lipinski definition) is 2. The summed E-state index contributed by atoms with van der Waals surface area (Å²) in [6, 6.07) is 5.51. The first-order valence-electron chi connectivity index (χ1n) is 6.89. The van der Waals surface area contributed by atoms with Gasteiger partial charge in [-0.3, -0.25) is 4.79 Å². The molecular formula is C15H20ClN3OS. The molecule has 0 aliphatic carbocycles. The molecule has 0 atom stereocenters. The van der Waals surface area contributed by atoms with Gasteiger partial charge in [0.15, 0.2) is 0 Å². The zero-order chi connectivity index (χ0) is 15.4. The zero-order valence-electron chi connectivity index (χ0n) is 12.3. The number of anilines is 1. The Hall–Kier alpha value is -1.30. The Bertz CT molecular complexity index is 639. The molecule has 4 nitrogen and oxygen atoms in total. The summed E-state index contributed by atoms with van der Waals surface area (Å²) >= 11 is 7.37. The van der Waals surface area contributed by atoms with Crippen LogP contribution in [0.5, 0.6) is 0 Å². The molecule has 6 heteroatoms. The number of carbonyl (C=O) groups excluding carboxylic acids is 1. The number of nitrogens with two attached hydrogens (primary N) is 1. The third-order valence-electron chi connectivity index (χ3n) is 3.21. The summed E-state index contributed by atoms with van der Waals surface area (Å²) in [7, 11) is 4.09. The number of fused-ring (bicyclic) bond motifs is 1. The molecule has 0 saturated carbocycles. The summed E-state index contributed by atoms with van der Waals surface area (Å²) in [6.07, 6.45) is 2.02. The third kappa shape index (κ3) is 4.09. The van der Waals surface area contributed by atoms with E-state index in [9.17, 15) is 4.79 Å². The van der Waals surface area contributed by atoms with Crippen molar-refractivity contribution in [3.05, 3.63) is 28.1 Å². The van der Waals surface area contributed by atoms with Crippen LogP contribution in [-0.2, 0) is 0 Å². The van der Waals surface area contributed by atoms with Crippen LogP contribution in [0.2, 0.25) is 5.02 Å². The zero-order valence-corrected chi connectivity index (χ0v) is 13.9. The van der Waals surface area contributed by atoms with Gasteiger partial charge in [-0.25, -0.2) is 0 Å². The van der Waals surface area contributed by atoms with Crippen LogP contribution in [0.25, 0.3) is 10.1 Å². The van der Waals surface area contributed by atoms with Crippen LogP contribution < -0.4 is 11.1 Å². The summed E-state index contributed by atoms with van der Waals surface area (Å²) < 4.78 is 0.981. The standard InChI is InChI=1S/C15H20ClN3OS/c1-19(2)8-4-3-7-18-15(20)14-13(17)11-9-10(16)5-6-12(11)21-14/h5-6,9H,3-4,7-8,17H2,1-2H3,(H,18,20). The number of nitrogens with zero attached hydrogens (tertiary/aromatic N) is 1. The predicted molar refractivity (Wildman–Crippen MR) is 91.4 cm³/mol. The van der Waals surface area contributed by atoms with Gasteiger partial charge in [0, 0.05) is 21.7 Å². The Morgan fingerprint density at radius 2 is 2.14 bits per heavy atom. The second-order valence-electron chi connectivity index (χ2n) is 5.25. The SMILES string of the molecule is CN(C)CCCCNC(=O)c1sc2ccc(Cl)cc2c1N. The molecule has 1 aromatic carbocycles. The smallest absolute Gasteiger partial charge is 0.263 e. The lowest BCUT2D eigenvalue weighted by Gasteiger charge is -2.09. The molecule has 2 rings (SSSR count). The largest absolute Gasteiger partial charge is 0.397 e. The van der Waals surface area contributed by atoms with Gasteiger partial charge < -0.3 is 16.0 Å². The molecule has 1 amide bonds. The second-order valence-corrected chi connectivity index (χ2v) is 6.74. The minimum Gasteiger partial charge on any atom is -0.397 e. The van der Waals surface area contributed by atoms with Crippen LogP contribution in [0.4, 0.5) is 5.69 Å². The van der Waals surface area contributed by atoms with Crippen LogP contribution >= 0.6 is 22.9 Å². The number of amides is 1. The first kappa shape index (κ1) is 16.1. The molecule has 0 fully saturated rings. The van der Waals surface area contributed by atoms with Gasteiger partial charge in [0.2, 0.25) is 0 Å². The number of nitrogens with one attached hydrogen (secondary N) is 1. The van der Waals surface area contributed by atoms with E-state index in [0.29, 0.717) is 22.1 Å². The lowest BCUT2D eigenvalue weighted by atomic mass is 10.2. The highest BCUT2D eigenvalue weighted by Gasteiger charge is 2.16. The predicted octanol–water partition coefficient (Wildman–Crippen LogP) is 3.21. The fourth-order valence-corrected chi connectivity index (χ4v) is 3.28. The quantitative estimate of drug-likeness (QED) is 0.802. The van der Waals surface area contributed by atoms with E-state index in [2.05, 4.69) is 10.2 Å². The molecule has 1 aromatic heterocycles. The Kier molecular flexibility index (Phi) is 5.45. The molecule has 0 bridgehead atoms. The Balaban J connectivity index is 1.98. The van der Waals surface area contributed by atoms with Crippen molar-refractivity contribution >= 4 is 44.6 Å². The van der Waals surface area contributed by atoms with E-state index in [1.165, 1.54) is 11.3 Å². The molecule has 1 heterocycles. The van der Waals surface area contributed by atoms with E-state index >= 15 is 0 Å². The Labute approximate surface area is 133 Å². The van der Waals surface area contributed by atoms with Crippen molar-refractivity contribution in [3.63, 3.8) is 0 Å². The van der Waals surface area contributed by atoms with E-state index in [1.807, 2.05) is 26.2 Å². The number of thiophene rings is 1. The second kappa shape index (κ2) is 7.11. The highest BCUT2D eigenvalue weighted by atomic mass is 35.5. The van der Waals surface area contributed by atoms with Crippen LogP contribution in [0.3, 0.4) is 0 Å². The maximum atomic E-state index is 12.2. The minimum atomic E-state index is -0.102. The van der Waals surface area contributed by atoms with Crippen molar-refractivity contribution < 1.29 is 4.79 Å². The lowest BCUT2D eigenvalue weighted by Crippen LogP contribution is -2.25. The van der Waals surface area contributed by atoms with Crippen molar-refractivity contribution in [2.75, 3.05) is 32.9 Å². The maximum absolute atomic E-state index is 12.2. The molecule has 0 saturated heterocycles. The Morgan fingerprint density at radius 3 is 2.86 bits per heavy atom. The number of rotatable bonds is 6. The van der Waals surface area contributed by atoms with Gasteiger partial charge >= 0.3 is 0 Å². The van der Waals surface area contributed by atoms with E-state index in [0.717, 1.165) is 29.5 Å². The number of nitrogen functional groups attached to an aromatic ring is 1. The third-order valence-corrected chi connectivity index (χ3v) is 4.63. The molecule has 2 aromatic rings. The van der Waals surface area contributed by atoms with Crippen LogP contribution in [-0.4, -0.2) is 38.0 Å². The normalized spacial score (nSPS) is 11.2. The van der Waals surface area contributed by atoms with Gasteiger partial charge in [-0.1, -0.05) is 11.6 Å². The van der Waals surface area contributed by atoms with E-state index in [4.69, 9.17) is 17.3 Å². The van der Waals surface area contributed by atoms with Crippen molar-refractivity contribution in [1.82, 2.24) is 10.2 Å². The number of halogens is 1. The molecular weight excluding hydrogens is 306 g/mol. The molecule has 0 unspecified atom stereocenters. The summed E-state index contributed by atoms with van der Waals surface area (Å²) in [5.41, 5.74) is 6.58.